The first kappa shape index (κ1) is 126. The van der Waals surface area contributed by atoms with Crippen LogP contribution in [-0.4, -0.2) is 426 Å². The first-order chi connectivity index (χ1) is 71.7. The lowest BCUT2D eigenvalue weighted by Gasteiger charge is -2.12. The number of ether oxygens (including phenoxy) is 26. The molecule has 4 heterocycles. The van der Waals surface area contributed by atoms with Gasteiger partial charge in [-0.1, -0.05) is 130 Å². The fraction of sp³-hybridized carbons (Fsp3) is 0.636. The molecule has 4 amide bonds. The summed E-state index contributed by atoms with van der Waals surface area (Å²) in [5, 5.41) is 51.1. The minimum atomic E-state index is -0.880. The van der Waals surface area contributed by atoms with Crippen molar-refractivity contribution in [1.29, 1.82) is 0 Å². The number of amides is 4. The van der Waals surface area contributed by atoms with Gasteiger partial charge in [-0.15, -0.1) is 45.9 Å². The minimum absolute atomic E-state index is 0. The van der Waals surface area contributed by atoms with E-state index in [0.29, 0.717) is 345 Å². The molecule has 0 unspecified atom stereocenters. The van der Waals surface area contributed by atoms with Crippen molar-refractivity contribution in [3.8, 4) is 45.6 Å². The summed E-state index contributed by atoms with van der Waals surface area (Å²) in [5.74, 6) is -2.46. The van der Waals surface area contributed by atoms with Crippen molar-refractivity contribution in [2.75, 3.05) is 317 Å². The highest BCUT2D eigenvalue weighted by atomic mass is 16.7. The molecule has 2 aliphatic heterocycles. The molecule has 2 aliphatic rings. The molecule has 0 spiro atoms. The van der Waals surface area contributed by atoms with Gasteiger partial charge in [0.1, 0.15) is 13.2 Å². The van der Waals surface area contributed by atoms with E-state index in [1.165, 1.54) is 0 Å². The SMILES string of the molecule is C.O=C(CCCOCCOCCOCCOCCOCCOCCOCCOCCOCCOCCOCCOCCC(=O)ON1C(=O)CCC1=O)OCc1ccc(-c2nnc(-c3ccccc3)nn2)cc1.O=C(O)CCOCCOCCOCCOCCOCCOCCOCCOCCOCCOCCOCCOCCCC(=O)OCc1ccc(-c2nnc(-c3ccccc3)nn2)cc1.O=C1CCC(=O)N1O.[2H]CC. The molecular weight excluding hydrogens is 1920 g/mol. The molecule has 818 valence electrons. The van der Waals surface area contributed by atoms with Gasteiger partial charge in [-0.25, -0.2) is 4.79 Å². The molecule has 0 saturated carbocycles. The van der Waals surface area contributed by atoms with Gasteiger partial charge in [0.25, 0.3) is 23.6 Å². The molecule has 0 bridgehead atoms. The Morgan fingerprint density at radius 3 is 0.664 bits per heavy atom. The van der Waals surface area contributed by atoms with E-state index in [2.05, 4.69) is 40.8 Å². The van der Waals surface area contributed by atoms with Crippen LogP contribution in [0, 0.1) is 0 Å². The number of carbonyl (C=O) groups is 8. The lowest BCUT2D eigenvalue weighted by molar-refractivity contribution is -0.198. The van der Waals surface area contributed by atoms with Gasteiger partial charge in [-0.2, -0.15) is 5.06 Å². The molecule has 6 aromatic rings. The van der Waals surface area contributed by atoms with Gasteiger partial charge < -0.3 is 133 Å². The first-order valence-electron chi connectivity index (χ1n) is 49.2. The molecule has 2 fully saturated rings. The third kappa shape index (κ3) is 68.5. The maximum absolute atomic E-state index is 12.2. The second-order valence-electron chi connectivity index (χ2n) is 30.0. The zero-order valence-corrected chi connectivity index (χ0v) is 83.2. The fourth-order valence-corrected chi connectivity index (χ4v) is 11.4. The Kier molecular flexibility index (Phi) is 78.9. The van der Waals surface area contributed by atoms with Crippen LogP contribution in [0.3, 0.4) is 0 Å². The van der Waals surface area contributed by atoms with Crippen LogP contribution >= 0.6 is 0 Å². The van der Waals surface area contributed by atoms with Gasteiger partial charge in [-0.05, 0) is 24.0 Å². The molecular formula is C99H150N10O37. The molecule has 2 saturated heterocycles. The van der Waals surface area contributed by atoms with E-state index in [-0.39, 0.29) is 109 Å². The smallest absolute Gasteiger partial charge is 0.335 e. The molecule has 0 radical (unpaired) electrons. The van der Waals surface area contributed by atoms with Crippen LogP contribution in [-0.2, 0) is 180 Å². The highest BCUT2D eigenvalue weighted by molar-refractivity contribution is 6.01. The Morgan fingerprint density at radius 2 is 0.459 bits per heavy atom. The topological polar surface area (TPSA) is 536 Å². The number of carboxylic acid groups (broad SMARTS) is 1. The van der Waals surface area contributed by atoms with Crippen molar-refractivity contribution in [2.24, 2.45) is 0 Å². The minimum Gasteiger partial charge on any atom is -0.481 e. The lowest BCUT2D eigenvalue weighted by atomic mass is 10.1. The van der Waals surface area contributed by atoms with Crippen molar-refractivity contribution in [1.82, 2.24) is 50.9 Å². The zero-order valence-electron chi connectivity index (χ0n) is 84.2. The largest absolute Gasteiger partial charge is 0.481 e. The average molecular weight is 2070 g/mol. The number of aliphatic carboxylic acids is 1. The van der Waals surface area contributed by atoms with Crippen molar-refractivity contribution in [3.63, 3.8) is 0 Å². The monoisotopic (exact) mass is 2070 g/mol. The van der Waals surface area contributed by atoms with Gasteiger partial charge >= 0.3 is 23.9 Å². The number of carbonyl (C=O) groups excluding carboxylic acids is 7. The van der Waals surface area contributed by atoms with Crippen molar-refractivity contribution in [3.05, 3.63) is 120 Å². The molecule has 4 aromatic carbocycles. The summed E-state index contributed by atoms with van der Waals surface area (Å²) in [4.78, 5) is 94.5. The Hall–Kier alpha value is -10.1. The van der Waals surface area contributed by atoms with E-state index in [4.69, 9.17) is 140 Å². The number of esters is 2. The van der Waals surface area contributed by atoms with E-state index >= 15 is 0 Å². The molecule has 146 heavy (non-hydrogen) atoms. The van der Waals surface area contributed by atoms with Gasteiger partial charge in [0.2, 0.25) is 23.3 Å². The summed E-state index contributed by atoms with van der Waals surface area (Å²) in [6, 6.07) is 33.9. The predicted octanol–water partition coefficient (Wildman–Crippen LogP) is 6.91. The normalized spacial score (nSPS) is 12.3. The van der Waals surface area contributed by atoms with Crippen LogP contribution in [0.2, 0.25) is 0 Å². The number of hydrogen-bond acceptors (Lipinski definition) is 44. The second-order valence-corrected chi connectivity index (χ2v) is 30.0. The summed E-state index contributed by atoms with van der Waals surface area (Å²) in [6.45, 7) is 23.2. The number of nitrogens with zero attached hydrogens (tertiary/aromatic N) is 10. The highest BCUT2D eigenvalue weighted by Crippen LogP contribution is 2.21. The highest BCUT2D eigenvalue weighted by Gasteiger charge is 2.33. The molecule has 47 nitrogen and oxygen atoms in total. The van der Waals surface area contributed by atoms with E-state index in [1.807, 2.05) is 109 Å². The third-order valence-corrected chi connectivity index (χ3v) is 18.9. The number of benzene rings is 4. The van der Waals surface area contributed by atoms with E-state index in [9.17, 15) is 38.4 Å². The standard InChI is InChI=1S/C48H69N5O18.C44H66N4O16.C4H5NO3.C2H6.CH4/c54-43-12-13-44(55)53(43)71-46(57)14-16-59-18-20-61-22-24-63-26-28-65-30-32-67-34-36-69-38-37-68-35-33-66-31-29-64-27-25-62-23-21-60-19-17-58-15-4-7-45(56)70-39-40-8-10-42(11-9-40)48-51-49-47(50-52-48)41-5-2-1-3-6-41;49-41(50)12-14-53-16-18-55-20-22-57-24-26-59-28-30-61-32-34-63-36-35-62-33-31-60-29-27-58-25-23-56-21-19-54-17-15-52-13-4-7-42(51)64-37-38-8-10-40(11-9-38)44-47-45-43(46-48-44)39-5-2-1-3-6-39;6-3-1-2-4(7)5(3)8;1-2;/h1-3,5-6,8-11H,4,7,12-39H2;1-3,5-6,8-11H,4,7,12-37H2,(H,49,50);8H,1-2H2;1-2H3;1H4/i;;;1D;. The van der Waals surface area contributed by atoms with Gasteiger partial charge in [0.15, 0.2) is 0 Å². The molecule has 0 aliphatic carbocycles. The van der Waals surface area contributed by atoms with Crippen LogP contribution in [0.25, 0.3) is 45.6 Å². The van der Waals surface area contributed by atoms with Crippen molar-refractivity contribution >= 4 is 47.5 Å². The van der Waals surface area contributed by atoms with Gasteiger partial charge in [0, 0.05) is 75.4 Å². The van der Waals surface area contributed by atoms with Crippen LogP contribution in [0.5, 0.6) is 0 Å². The maximum Gasteiger partial charge on any atom is 0.335 e. The Labute approximate surface area is 854 Å². The van der Waals surface area contributed by atoms with Crippen LogP contribution in [0.15, 0.2) is 109 Å². The lowest BCUT2D eigenvalue weighted by Crippen LogP contribution is -2.32. The van der Waals surface area contributed by atoms with Crippen LogP contribution in [0.1, 0.15) is 98.0 Å². The summed E-state index contributed by atoms with van der Waals surface area (Å²) < 4.78 is 148. The number of carboxylic acids is 1. The number of imide groups is 2. The van der Waals surface area contributed by atoms with Crippen molar-refractivity contribution < 1.29 is 178 Å². The van der Waals surface area contributed by atoms with E-state index in [0.717, 1.165) is 33.4 Å². The summed E-state index contributed by atoms with van der Waals surface area (Å²) >= 11 is 0. The Morgan fingerprint density at radius 1 is 0.267 bits per heavy atom. The van der Waals surface area contributed by atoms with Gasteiger partial charge in [-0.3, -0.25) is 38.8 Å². The quantitative estimate of drug-likeness (QED) is 0.0169. The second kappa shape index (κ2) is 91.2. The predicted molar refractivity (Wildman–Crippen MR) is 520 cm³/mol. The summed E-state index contributed by atoms with van der Waals surface area (Å²) in [6.07, 6.45) is 1.94. The molecule has 2 aromatic heterocycles. The first-order valence-corrected chi connectivity index (χ1v) is 48.5. The number of rotatable bonds is 89. The zero-order chi connectivity index (χ0) is 104. The average Bonchev–Trinajstić information content (AvgIpc) is 1.39. The Balaban J connectivity index is 0.000000552. The summed E-state index contributed by atoms with van der Waals surface area (Å²) in [5.41, 5.74) is 4.92. The number of hydroxylamine groups is 4. The van der Waals surface area contributed by atoms with Gasteiger partial charge in [0.05, 0.1) is 317 Å². The van der Waals surface area contributed by atoms with E-state index in [1.54, 1.807) is 6.92 Å². The molecule has 0 atom stereocenters. The number of hydrogen-bond donors (Lipinski definition) is 2. The molecule has 8 rings (SSSR count). The molecule has 47 heteroatoms. The fourth-order valence-electron chi connectivity index (χ4n) is 11.4. The van der Waals surface area contributed by atoms with Crippen LogP contribution < -0.4 is 0 Å². The number of aromatic nitrogens is 8. The maximum atomic E-state index is 12.2. The van der Waals surface area contributed by atoms with Crippen LogP contribution in [0.4, 0.5) is 0 Å². The van der Waals surface area contributed by atoms with Crippen molar-refractivity contribution in [2.45, 2.75) is 98.7 Å². The summed E-state index contributed by atoms with van der Waals surface area (Å²) in [7, 11) is 0. The third-order valence-electron chi connectivity index (χ3n) is 18.9. The van der Waals surface area contributed by atoms with E-state index < -0.39 is 35.6 Å². The Bertz CT molecular complexity index is 4220. The molecule has 2 N–H and O–H groups in total.